The lowest BCUT2D eigenvalue weighted by Crippen LogP contribution is -2.27. The van der Waals surface area contributed by atoms with Crippen molar-refractivity contribution in [2.45, 2.75) is 18.3 Å². The molecule has 0 aromatic carbocycles. The molecule has 0 fully saturated rings. The molecule has 1 rings (SSSR count). The van der Waals surface area contributed by atoms with Gasteiger partial charge in [-0.1, -0.05) is 41.6 Å². The molecule has 0 saturated carbocycles. The second-order valence-electron chi connectivity index (χ2n) is 3.42. The Hall–Kier alpha value is -0.590. The van der Waals surface area contributed by atoms with Crippen molar-refractivity contribution in [2.75, 3.05) is 6.54 Å². The maximum Gasteiger partial charge on any atom is 0.273 e. The van der Waals surface area contributed by atoms with Crippen molar-refractivity contribution < 1.29 is 9.32 Å². The van der Waals surface area contributed by atoms with E-state index >= 15 is 0 Å². The van der Waals surface area contributed by atoms with E-state index in [1.165, 1.54) is 0 Å². The molecule has 0 aliphatic heterocycles. The van der Waals surface area contributed by atoms with Gasteiger partial charge in [0, 0.05) is 12.6 Å². The fraction of sp³-hybridized carbons (Fsp3) is 0.556. The van der Waals surface area contributed by atoms with E-state index in [9.17, 15) is 4.79 Å². The molecule has 0 aliphatic rings. The van der Waals surface area contributed by atoms with Gasteiger partial charge < -0.3 is 9.84 Å². The summed E-state index contributed by atoms with van der Waals surface area (Å²) in [5.74, 6) is 0.994. The van der Waals surface area contributed by atoms with Gasteiger partial charge in [0.15, 0.2) is 5.69 Å². The lowest BCUT2D eigenvalue weighted by Gasteiger charge is -2.04. The van der Waals surface area contributed by atoms with Crippen LogP contribution in [0.2, 0.25) is 0 Å². The van der Waals surface area contributed by atoms with E-state index in [1.54, 1.807) is 6.07 Å². The molecule has 14 heavy (non-hydrogen) atoms. The van der Waals surface area contributed by atoms with Crippen LogP contribution in [0.25, 0.3) is 0 Å². The number of amides is 1. The predicted octanol–water partition coefficient (Wildman–Crippen LogP) is 2.00. The fourth-order valence-corrected chi connectivity index (χ4v) is 1.23. The summed E-state index contributed by atoms with van der Waals surface area (Å²) in [4.78, 5) is 11.4. The summed E-state index contributed by atoms with van der Waals surface area (Å²) in [5, 5.41) is 6.44. The van der Waals surface area contributed by atoms with Crippen molar-refractivity contribution in [3.8, 4) is 0 Å². The van der Waals surface area contributed by atoms with E-state index < -0.39 is 0 Å². The molecule has 0 unspecified atom stereocenters. The first kappa shape index (κ1) is 11.5. The van der Waals surface area contributed by atoms with Crippen LogP contribution in [0.1, 0.15) is 30.1 Å². The molecule has 1 aromatic rings. The zero-order valence-corrected chi connectivity index (χ0v) is 10.4. The van der Waals surface area contributed by atoms with Crippen LogP contribution in [-0.4, -0.2) is 17.6 Å². The van der Waals surface area contributed by atoms with E-state index in [1.807, 2.05) is 13.8 Å². The number of alkyl halides is 1. The third kappa shape index (κ3) is 3.28. The number of aromatic nitrogens is 1. The molecule has 0 spiro atoms. The minimum atomic E-state index is -0.168. The smallest absolute Gasteiger partial charge is 0.273 e. The Kier molecular flexibility index (Phi) is 4.37. The molecular formula is C9H13IN2O2. The van der Waals surface area contributed by atoms with Gasteiger partial charge in [0.2, 0.25) is 0 Å². The summed E-state index contributed by atoms with van der Waals surface area (Å²) < 4.78 is 5.65. The number of hydrogen-bond acceptors (Lipinski definition) is 3. The molecule has 1 aromatic heterocycles. The summed E-state index contributed by atoms with van der Waals surface area (Å²) in [6, 6.07) is 1.67. The van der Waals surface area contributed by atoms with Crippen molar-refractivity contribution in [1.29, 1.82) is 0 Å². The number of halogens is 1. The van der Waals surface area contributed by atoms with Crippen LogP contribution in [0.4, 0.5) is 0 Å². The van der Waals surface area contributed by atoms with Gasteiger partial charge in [-0.15, -0.1) is 0 Å². The molecule has 1 heterocycles. The van der Waals surface area contributed by atoms with Crippen LogP contribution in [0.5, 0.6) is 0 Å². The lowest BCUT2D eigenvalue weighted by atomic mass is 10.2. The van der Waals surface area contributed by atoms with E-state index in [0.717, 1.165) is 10.2 Å². The average Bonchev–Trinajstić information content (AvgIpc) is 2.62. The Morgan fingerprint density at radius 2 is 2.43 bits per heavy atom. The molecule has 0 radical (unpaired) electrons. The molecule has 0 bridgehead atoms. The summed E-state index contributed by atoms with van der Waals surface area (Å²) in [5.41, 5.74) is 0.359. The molecule has 0 saturated heterocycles. The van der Waals surface area contributed by atoms with Crippen LogP contribution in [0.15, 0.2) is 10.6 Å². The van der Waals surface area contributed by atoms with Crippen molar-refractivity contribution >= 4 is 28.5 Å². The normalized spacial score (nSPS) is 10.6. The van der Waals surface area contributed by atoms with Crippen LogP contribution >= 0.6 is 22.6 Å². The monoisotopic (exact) mass is 308 g/mol. The second kappa shape index (κ2) is 5.33. The highest BCUT2D eigenvalue weighted by atomic mass is 127. The molecule has 0 aliphatic carbocycles. The molecule has 0 atom stereocenters. The minimum absolute atomic E-state index is 0.168. The average molecular weight is 308 g/mol. The third-order valence-corrected chi connectivity index (χ3v) is 2.35. The Bertz CT molecular complexity index is 310. The maximum atomic E-state index is 11.4. The van der Waals surface area contributed by atoms with Crippen LogP contribution < -0.4 is 5.32 Å². The maximum absolute atomic E-state index is 11.4. The van der Waals surface area contributed by atoms with Crippen molar-refractivity contribution in [2.24, 2.45) is 5.92 Å². The van der Waals surface area contributed by atoms with E-state index in [4.69, 9.17) is 4.52 Å². The molecule has 1 amide bonds. The number of hydrogen-bond donors (Lipinski definition) is 1. The summed E-state index contributed by atoms with van der Waals surface area (Å²) in [6.07, 6.45) is 0. The summed E-state index contributed by atoms with van der Waals surface area (Å²) in [7, 11) is 0. The second-order valence-corrected chi connectivity index (χ2v) is 4.18. The largest absolute Gasteiger partial charge is 0.360 e. The lowest BCUT2D eigenvalue weighted by molar-refractivity contribution is 0.0940. The zero-order chi connectivity index (χ0) is 10.6. The van der Waals surface area contributed by atoms with E-state index in [2.05, 4.69) is 33.1 Å². The van der Waals surface area contributed by atoms with Gasteiger partial charge >= 0.3 is 0 Å². The topological polar surface area (TPSA) is 55.1 Å². The highest BCUT2D eigenvalue weighted by Crippen LogP contribution is 2.07. The Labute approximate surface area is 96.6 Å². The first-order valence-electron chi connectivity index (χ1n) is 4.43. The van der Waals surface area contributed by atoms with Gasteiger partial charge in [-0.2, -0.15) is 0 Å². The van der Waals surface area contributed by atoms with Gasteiger partial charge in [-0.25, -0.2) is 0 Å². The quantitative estimate of drug-likeness (QED) is 0.684. The fourth-order valence-electron chi connectivity index (χ4n) is 0.870. The molecule has 78 valence electrons. The van der Waals surface area contributed by atoms with Crippen molar-refractivity contribution in [3.05, 3.63) is 17.5 Å². The van der Waals surface area contributed by atoms with Gasteiger partial charge in [-0.05, 0) is 5.92 Å². The number of nitrogens with one attached hydrogen (secondary N) is 1. The third-order valence-electron chi connectivity index (χ3n) is 1.59. The zero-order valence-electron chi connectivity index (χ0n) is 8.21. The SMILES string of the molecule is CC(C)CNC(=O)c1cc(CI)on1. The summed E-state index contributed by atoms with van der Waals surface area (Å²) >= 11 is 2.16. The van der Waals surface area contributed by atoms with E-state index in [-0.39, 0.29) is 5.91 Å². The van der Waals surface area contributed by atoms with Gasteiger partial charge in [-0.3, -0.25) is 4.79 Å². The first-order chi connectivity index (χ1) is 6.63. The number of carbonyl (C=O) groups excluding carboxylic acids is 1. The standard InChI is InChI=1S/C9H13IN2O2/c1-6(2)5-11-9(13)8-3-7(4-10)14-12-8/h3,6H,4-5H2,1-2H3,(H,11,13). The molecule has 1 N–H and O–H groups in total. The van der Waals surface area contributed by atoms with Crippen LogP contribution in [0, 0.1) is 5.92 Å². The Morgan fingerprint density at radius 3 is 2.93 bits per heavy atom. The minimum Gasteiger partial charge on any atom is -0.360 e. The van der Waals surface area contributed by atoms with Crippen LogP contribution in [-0.2, 0) is 4.43 Å². The first-order valence-corrected chi connectivity index (χ1v) is 5.95. The number of rotatable bonds is 4. The van der Waals surface area contributed by atoms with Gasteiger partial charge in [0.05, 0.1) is 4.43 Å². The van der Waals surface area contributed by atoms with Crippen molar-refractivity contribution in [3.63, 3.8) is 0 Å². The van der Waals surface area contributed by atoms with Crippen LogP contribution in [0.3, 0.4) is 0 Å². The predicted molar refractivity (Wildman–Crippen MR) is 61.4 cm³/mol. The highest BCUT2D eigenvalue weighted by molar-refractivity contribution is 14.1. The van der Waals surface area contributed by atoms with Gasteiger partial charge in [0.1, 0.15) is 5.76 Å². The van der Waals surface area contributed by atoms with E-state index in [0.29, 0.717) is 18.2 Å². The molecular weight excluding hydrogens is 295 g/mol. The summed E-state index contributed by atoms with van der Waals surface area (Å²) in [6.45, 7) is 4.74. The number of nitrogens with zero attached hydrogens (tertiary/aromatic N) is 1. The highest BCUT2D eigenvalue weighted by Gasteiger charge is 2.11. The molecule has 5 heteroatoms. The number of carbonyl (C=O) groups is 1. The van der Waals surface area contributed by atoms with Crippen molar-refractivity contribution in [1.82, 2.24) is 10.5 Å². The Balaban J connectivity index is 2.52. The molecule has 4 nitrogen and oxygen atoms in total. The Morgan fingerprint density at radius 1 is 1.71 bits per heavy atom. The van der Waals surface area contributed by atoms with Gasteiger partial charge in [0.25, 0.3) is 5.91 Å².